The maximum absolute atomic E-state index is 4.42. The zero-order chi connectivity index (χ0) is 12.5. The number of nitrogens with one attached hydrogen (secondary N) is 1. The van der Waals surface area contributed by atoms with Gasteiger partial charge in [0, 0.05) is 11.1 Å². The predicted molar refractivity (Wildman–Crippen MR) is 80.0 cm³/mol. The lowest BCUT2D eigenvalue weighted by atomic mass is 10.5. The van der Waals surface area contributed by atoms with Crippen molar-refractivity contribution in [2.45, 2.75) is 6.54 Å². The van der Waals surface area contributed by atoms with E-state index in [-0.39, 0.29) is 0 Å². The van der Waals surface area contributed by atoms with Crippen LogP contribution >= 0.6 is 43.2 Å². The van der Waals surface area contributed by atoms with Crippen LogP contribution in [0.4, 0.5) is 5.95 Å². The van der Waals surface area contributed by atoms with Gasteiger partial charge in [-0.3, -0.25) is 0 Å². The number of nitrogens with zero attached hydrogens (tertiary/aromatic N) is 3. The van der Waals surface area contributed by atoms with E-state index in [4.69, 9.17) is 0 Å². The Kier molecular flexibility index (Phi) is 3.36. The molecule has 3 aromatic rings. The quantitative estimate of drug-likeness (QED) is 0.740. The summed E-state index contributed by atoms with van der Waals surface area (Å²) in [6.07, 6.45) is 1.88. The third-order valence-electron chi connectivity index (χ3n) is 2.36. The summed E-state index contributed by atoms with van der Waals surface area (Å²) in [4.78, 5) is 5.66. The van der Waals surface area contributed by atoms with Crippen LogP contribution in [0.15, 0.2) is 38.7 Å². The molecular formula is C11H8Br2N4S. The highest BCUT2D eigenvalue weighted by molar-refractivity contribution is 9.11. The molecule has 0 saturated heterocycles. The van der Waals surface area contributed by atoms with Crippen molar-refractivity contribution in [3.05, 3.63) is 43.6 Å². The van der Waals surface area contributed by atoms with Gasteiger partial charge in [0.05, 0.1) is 14.8 Å². The van der Waals surface area contributed by atoms with Crippen LogP contribution in [0.3, 0.4) is 0 Å². The van der Waals surface area contributed by atoms with Gasteiger partial charge >= 0.3 is 0 Å². The third kappa shape index (κ3) is 2.43. The fourth-order valence-electron chi connectivity index (χ4n) is 1.56. The highest BCUT2D eigenvalue weighted by Gasteiger charge is 2.06. The van der Waals surface area contributed by atoms with Gasteiger partial charge in [-0.2, -0.15) is 4.98 Å². The smallest absolute Gasteiger partial charge is 0.243 e. The SMILES string of the molecule is Brc1ccc(CNc2nc3c(Br)cccn3n2)s1. The molecule has 3 aromatic heterocycles. The van der Waals surface area contributed by atoms with Gasteiger partial charge in [-0.15, -0.1) is 16.4 Å². The van der Waals surface area contributed by atoms with Crippen LogP contribution in [0.5, 0.6) is 0 Å². The van der Waals surface area contributed by atoms with E-state index in [2.05, 4.69) is 53.3 Å². The van der Waals surface area contributed by atoms with Crippen LogP contribution in [0.2, 0.25) is 0 Å². The number of fused-ring (bicyclic) bond motifs is 1. The second-order valence-corrected chi connectivity index (χ2v) is 7.02. The van der Waals surface area contributed by atoms with Gasteiger partial charge in [0.15, 0.2) is 5.65 Å². The minimum absolute atomic E-state index is 0.631. The molecule has 1 N–H and O–H groups in total. The molecule has 7 heteroatoms. The normalized spacial score (nSPS) is 11.0. The Morgan fingerprint density at radius 1 is 1.28 bits per heavy atom. The van der Waals surface area contributed by atoms with E-state index >= 15 is 0 Å². The molecule has 0 aliphatic heterocycles. The number of hydrogen-bond acceptors (Lipinski definition) is 4. The van der Waals surface area contributed by atoms with E-state index in [1.54, 1.807) is 15.9 Å². The summed E-state index contributed by atoms with van der Waals surface area (Å²) in [5.41, 5.74) is 0.812. The average Bonchev–Trinajstić information content (AvgIpc) is 2.93. The Labute approximate surface area is 124 Å². The third-order valence-corrected chi connectivity index (χ3v) is 4.61. The van der Waals surface area contributed by atoms with Crippen molar-refractivity contribution in [2.24, 2.45) is 0 Å². The molecule has 0 spiro atoms. The number of pyridine rings is 1. The van der Waals surface area contributed by atoms with Crippen molar-refractivity contribution in [1.29, 1.82) is 0 Å². The number of rotatable bonds is 3. The van der Waals surface area contributed by atoms with Gasteiger partial charge < -0.3 is 5.32 Å². The summed E-state index contributed by atoms with van der Waals surface area (Å²) in [5, 5.41) is 7.57. The van der Waals surface area contributed by atoms with E-state index in [0.29, 0.717) is 5.95 Å². The standard InChI is InChI=1S/C11H8Br2N4S/c12-8-2-1-5-17-10(8)15-11(16-17)14-6-7-3-4-9(13)18-7/h1-5H,6H2,(H,14,16). The lowest BCUT2D eigenvalue weighted by Crippen LogP contribution is -1.99. The van der Waals surface area contributed by atoms with Crippen molar-refractivity contribution in [2.75, 3.05) is 5.32 Å². The lowest BCUT2D eigenvalue weighted by molar-refractivity contribution is 0.950. The maximum atomic E-state index is 4.42. The van der Waals surface area contributed by atoms with Crippen molar-refractivity contribution in [3.8, 4) is 0 Å². The second-order valence-electron chi connectivity index (χ2n) is 3.62. The summed E-state index contributed by atoms with van der Waals surface area (Å²) in [7, 11) is 0. The minimum Gasteiger partial charge on any atom is -0.348 e. The van der Waals surface area contributed by atoms with E-state index < -0.39 is 0 Å². The van der Waals surface area contributed by atoms with E-state index in [1.165, 1.54) is 4.88 Å². The molecule has 4 nitrogen and oxygen atoms in total. The summed E-state index contributed by atoms with van der Waals surface area (Å²) in [6, 6.07) is 7.99. The molecule has 3 rings (SSSR count). The number of thiophene rings is 1. The topological polar surface area (TPSA) is 42.2 Å². The molecule has 0 bridgehead atoms. The molecule has 0 radical (unpaired) electrons. The van der Waals surface area contributed by atoms with Gasteiger partial charge in [-0.25, -0.2) is 4.52 Å². The van der Waals surface area contributed by atoms with Gasteiger partial charge in [0.1, 0.15) is 0 Å². The second kappa shape index (κ2) is 4.99. The number of aromatic nitrogens is 3. The average molecular weight is 388 g/mol. The minimum atomic E-state index is 0.631. The first-order chi connectivity index (χ1) is 8.72. The van der Waals surface area contributed by atoms with Crippen molar-refractivity contribution < 1.29 is 0 Å². The van der Waals surface area contributed by atoms with Gasteiger partial charge in [-0.1, -0.05) is 0 Å². The Morgan fingerprint density at radius 3 is 2.89 bits per heavy atom. The Morgan fingerprint density at radius 2 is 2.17 bits per heavy atom. The summed E-state index contributed by atoms with van der Waals surface area (Å²) in [6.45, 7) is 0.727. The number of anilines is 1. The van der Waals surface area contributed by atoms with Gasteiger partial charge in [0.25, 0.3) is 0 Å². The first-order valence-electron chi connectivity index (χ1n) is 5.21. The summed E-state index contributed by atoms with van der Waals surface area (Å²) < 4.78 is 3.81. The maximum Gasteiger partial charge on any atom is 0.243 e. The highest BCUT2D eigenvalue weighted by atomic mass is 79.9. The predicted octanol–water partition coefficient (Wildman–Crippen LogP) is 3.93. The molecule has 0 aromatic carbocycles. The molecule has 0 fully saturated rings. The van der Waals surface area contributed by atoms with E-state index in [0.717, 1.165) is 20.5 Å². The molecule has 18 heavy (non-hydrogen) atoms. The van der Waals surface area contributed by atoms with E-state index in [1.807, 2.05) is 24.4 Å². The van der Waals surface area contributed by atoms with Crippen LogP contribution in [-0.2, 0) is 6.54 Å². The fraction of sp³-hybridized carbons (Fsp3) is 0.0909. The molecular weight excluding hydrogens is 380 g/mol. The van der Waals surface area contributed by atoms with E-state index in [9.17, 15) is 0 Å². The van der Waals surface area contributed by atoms with Crippen molar-refractivity contribution >= 4 is 54.8 Å². The zero-order valence-electron chi connectivity index (χ0n) is 9.10. The van der Waals surface area contributed by atoms with Crippen LogP contribution < -0.4 is 5.32 Å². The molecule has 3 heterocycles. The Hall–Kier alpha value is -0.920. The first kappa shape index (κ1) is 12.1. The zero-order valence-corrected chi connectivity index (χ0v) is 13.1. The van der Waals surface area contributed by atoms with Crippen molar-refractivity contribution in [1.82, 2.24) is 14.6 Å². The first-order valence-corrected chi connectivity index (χ1v) is 7.61. The lowest BCUT2D eigenvalue weighted by Gasteiger charge is -1.97. The highest BCUT2D eigenvalue weighted by Crippen LogP contribution is 2.23. The molecule has 0 amide bonds. The monoisotopic (exact) mass is 386 g/mol. The number of hydrogen-bond donors (Lipinski definition) is 1. The molecule has 0 aliphatic carbocycles. The molecule has 0 unspecified atom stereocenters. The van der Waals surface area contributed by atoms with Crippen LogP contribution in [-0.4, -0.2) is 14.6 Å². The molecule has 92 valence electrons. The Bertz CT molecular complexity index is 691. The van der Waals surface area contributed by atoms with Crippen LogP contribution in [0.25, 0.3) is 5.65 Å². The van der Waals surface area contributed by atoms with Crippen molar-refractivity contribution in [3.63, 3.8) is 0 Å². The summed E-state index contributed by atoms with van der Waals surface area (Å²) >= 11 is 8.60. The summed E-state index contributed by atoms with van der Waals surface area (Å²) in [5.74, 6) is 0.631. The largest absolute Gasteiger partial charge is 0.348 e. The van der Waals surface area contributed by atoms with Crippen LogP contribution in [0, 0.1) is 0 Å². The number of halogens is 2. The van der Waals surface area contributed by atoms with Gasteiger partial charge in [-0.05, 0) is 56.1 Å². The molecule has 0 atom stereocenters. The van der Waals surface area contributed by atoms with Crippen LogP contribution in [0.1, 0.15) is 4.88 Å². The molecule has 0 aliphatic rings. The molecule has 0 saturated carbocycles. The fourth-order valence-corrected chi connectivity index (χ4v) is 3.41. The van der Waals surface area contributed by atoms with Gasteiger partial charge in [0.2, 0.25) is 5.95 Å². The Balaban J connectivity index is 1.81.